The molecular formula is C12H18BrNO8. The Labute approximate surface area is 135 Å². The van der Waals surface area contributed by atoms with Crippen molar-refractivity contribution in [3.8, 4) is 0 Å². The van der Waals surface area contributed by atoms with Crippen molar-refractivity contribution in [2.75, 3.05) is 20.0 Å². The van der Waals surface area contributed by atoms with Crippen LogP contribution in [0.5, 0.6) is 0 Å². The zero-order chi connectivity index (χ0) is 16.4. The monoisotopic (exact) mass is 383 g/mol. The summed E-state index contributed by atoms with van der Waals surface area (Å²) in [7, 11) is 0. The average molecular weight is 384 g/mol. The topological polar surface area (TPSA) is 106 Å². The van der Waals surface area contributed by atoms with E-state index in [-0.39, 0.29) is 25.9 Å². The van der Waals surface area contributed by atoms with Gasteiger partial charge in [0.15, 0.2) is 6.10 Å². The number of nitrogens with zero attached hydrogens (tertiary/aromatic N) is 1. The molecule has 0 radical (unpaired) electrons. The summed E-state index contributed by atoms with van der Waals surface area (Å²) in [6, 6.07) is 0. The predicted molar refractivity (Wildman–Crippen MR) is 74.6 cm³/mol. The van der Waals surface area contributed by atoms with Gasteiger partial charge in [0, 0.05) is 27.8 Å². The zero-order valence-corrected chi connectivity index (χ0v) is 13.9. The van der Waals surface area contributed by atoms with Gasteiger partial charge < -0.3 is 23.7 Å². The molecule has 0 saturated carbocycles. The van der Waals surface area contributed by atoms with Crippen LogP contribution < -0.4 is 0 Å². The van der Waals surface area contributed by atoms with Gasteiger partial charge in [-0.05, 0) is 13.3 Å². The molecule has 2 aliphatic rings. The van der Waals surface area contributed by atoms with E-state index in [1.54, 1.807) is 0 Å². The summed E-state index contributed by atoms with van der Waals surface area (Å²) in [5.74, 6) is -2.20. The van der Waals surface area contributed by atoms with Crippen molar-refractivity contribution in [1.82, 2.24) is 0 Å². The molecule has 126 valence electrons. The van der Waals surface area contributed by atoms with E-state index in [0.29, 0.717) is 13.0 Å². The lowest BCUT2D eigenvalue weighted by molar-refractivity contribution is -0.563. The van der Waals surface area contributed by atoms with Crippen LogP contribution in [0.15, 0.2) is 0 Å². The second-order valence-electron chi connectivity index (χ2n) is 5.30. The van der Waals surface area contributed by atoms with Crippen LogP contribution in [0, 0.1) is 10.1 Å². The van der Waals surface area contributed by atoms with Gasteiger partial charge in [-0.25, -0.2) is 0 Å². The normalized spacial score (nSPS) is 39.2. The second-order valence-corrected chi connectivity index (χ2v) is 6.68. The Morgan fingerprint density at radius 3 is 2.91 bits per heavy atom. The highest BCUT2D eigenvalue weighted by Gasteiger charge is 2.53. The van der Waals surface area contributed by atoms with Crippen LogP contribution in [0.3, 0.4) is 0 Å². The molecule has 2 heterocycles. The SMILES string of the molecule is CC1CCOC(C)(OC(=O)CC2OCOCC2(Br)[N+](=O)[O-])O1. The van der Waals surface area contributed by atoms with Crippen LogP contribution in [0.2, 0.25) is 0 Å². The Morgan fingerprint density at radius 1 is 1.55 bits per heavy atom. The fourth-order valence-corrected chi connectivity index (χ4v) is 2.70. The van der Waals surface area contributed by atoms with Gasteiger partial charge >= 0.3 is 16.4 Å². The highest BCUT2D eigenvalue weighted by molar-refractivity contribution is 9.10. The number of hydrogen-bond acceptors (Lipinski definition) is 8. The third kappa shape index (κ3) is 3.93. The van der Waals surface area contributed by atoms with Gasteiger partial charge in [0.05, 0.1) is 19.1 Å². The van der Waals surface area contributed by atoms with E-state index in [2.05, 4.69) is 15.9 Å². The molecule has 0 aliphatic carbocycles. The molecular weight excluding hydrogens is 366 g/mol. The molecule has 0 aromatic rings. The van der Waals surface area contributed by atoms with E-state index in [4.69, 9.17) is 23.7 Å². The summed E-state index contributed by atoms with van der Waals surface area (Å²) in [4.78, 5) is 22.6. The van der Waals surface area contributed by atoms with Crippen molar-refractivity contribution in [3.63, 3.8) is 0 Å². The molecule has 4 unspecified atom stereocenters. The molecule has 2 fully saturated rings. The number of ether oxygens (including phenoxy) is 5. The first-order chi connectivity index (χ1) is 10.3. The number of rotatable bonds is 4. The van der Waals surface area contributed by atoms with Crippen LogP contribution >= 0.6 is 15.9 Å². The van der Waals surface area contributed by atoms with Crippen LogP contribution in [0.1, 0.15) is 26.7 Å². The lowest BCUT2D eigenvalue weighted by Gasteiger charge is -2.37. The standard InChI is InChI=1S/C12H18BrNO8/c1-8-3-4-20-11(2,21-8)22-10(15)5-9-12(13,14(16)17)6-18-7-19-9/h8-9H,3-7H2,1-2H3. The van der Waals surface area contributed by atoms with Gasteiger partial charge in [0.1, 0.15) is 13.4 Å². The predicted octanol–water partition coefficient (Wildman–Crippen LogP) is 1.16. The first kappa shape index (κ1) is 17.5. The molecule has 0 spiro atoms. The summed E-state index contributed by atoms with van der Waals surface area (Å²) < 4.78 is 24.4. The molecule has 2 saturated heterocycles. The van der Waals surface area contributed by atoms with Crippen molar-refractivity contribution in [2.45, 2.75) is 49.3 Å². The van der Waals surface area contributed by atoms with E-state index in [9.17, 15) is 14.9 Å². The molecule has 0 N–H and O–H groups in total. The first-order valence-corrected chi connectivity index (χ1v) is 7.61. The van der Waals surface area contributed by atoms with E-state index in [0.717, 1.165) is 0 Å². The molecule has 10 heteroatoms. The zero-order valence-electron chi connectivity index (χ0n) is 12.3. The average Bonchev–Trinajstić information content (AvgIpc) is 2.40. The maximum atomic E-state index is 12.1. The van der Waals surface area contributed by atoms with Gasteiger partial charge in [-0.3, -0.25) is 14.9 Å². The number of halogens is 1. The Bertz CT molecular complexity index is 449. The minimum Gasteiger partial charge on any atom is -0.408 e. The van der Waals surface area contributed by atoms with Crippen LogP contribution in [-0.2, 0) is 28.5 Å². The Hall–Kier alpha value is -0.810. The highest BCUT2D eigenvalue weighted by atomic mass is 79.9. The van der Waals surface area contributed by atoms with Crippen molar-refractivity contribution < 1.29 is 33.4 Å². The van der Waals surface area contributed by atoms with E-state index in [1.807, 2.05) is 6.92 Å². The lowest BCUT2D eigenvalue weighted by Crippen LogP contribution is -2.54. The number of hydrogen-bond donors (Lipinski definition) is 0. The fraction of sp³-hybridized carbons (Fsp3) is 0.917. The van der Waals surface area contributed by atoms with Gasteiger partial charge in [0.25, 0.3) is 0 Å². The number of esters is 1. The molecule has 2 rings (SSSR count). The quantitative estimate of drug-likeness (QED) is 0.234. The van der Waals surface area contributed by atoms with Gasteiger partial charge in [-0.15, -0.1) is 0 Å². The minimum atomic E-state index is -1.69. The second kappa shape index (κ2) is 6.75. The Balaban J connectivity index is 1.97. The van der Waals surface area contributed by atoms with E-state index < -0.39 is 27.4 Å². The number of alkyl halides is 1. The van der Waals surface area contributed by atoms with Crippen LogP contribution in [0.25, 0.3) is 0 Å². The van der Waals surface area contributed by atoms with Crippen molar-refractivity contribution in [1.29, 1.82) is 0 Å². The Kier molecular flexibility index (Phi) is 5.38. The Morgan fingerprint density at radius 2 is 2.27 bits per heavy atom. The maximum absolute atomic E-state index is 12.1. The molecule has 0 bridgehead atoms. The fourth-order valence-electron chi connectivity index (χ4n) is 2.24. The summed E-state index contributed by atoms with van der Waals surface area (Å²) in [6.07, 6.45) is -0.762. The highest BCUT2D eigenvalue weighted by Crippen LogP contribution is 2.33. The molecule has 9 nitrogen and oxygen atoms in total. The van der Waals surface area contributed by atoms with Crippen LogP contribution in [0.4, 0.5) is 0 Å². The number of carbonyl (C=O) groups is 1. The van der Waals surface area contributed by atoms with Crippen molar-refractivity contribution >= 4 is 21.9 Å². The molecule has 0 aromatic carbocycles. The lowest BCUT2D eigenvalue weighted by atomic mass is 10.1. The summed E-state index contributed by atoms with van der Waals surface area (Å²) in [5.41, 5.74) is 0. The molecule has 0 aromatic heterocycles. The largest absolute Gasteiger partial charge is 0.408 e. The van der Waals surface area contributed by atoms with Gasteiger partial charge in [0.2, 0.25) is 0 Å². The third-order valence-corrected chi connectivity index (χ3v) is 4.44. The summed E-state index contributed by atoms with van der Waals surface area (Å²) >= 11 is 2.98. The molecule has 2 aliphatic heterocycles. The van der Waals surface area contributed by atoms with E-state index >= 15 is 0 Å². The van der Waals surface area contributed by atoms with Gasteiger partial charge in [-0.1, -0.05) is 0 Å². The summed E-state index contributed by atoms with van der Waals surface area (Å²) in [6.45, 7) is 3.39. The summed E-state index contributed by atoms with van der Waals surface area (Å²) in [5, 5.41) is 11.2. The van der Waals surface area contributed by atoms with E-state index in [1.165, 1.54) is 6.92 Å². The molecule has 22 heavy (non-hydrogen) atoms. The maximum Gasteiger partial charge on any atom is 0.326 e. The molecule has 0 amide bonds. The third-order valence-electron chi connectivity index (χ3n) is 3.41. The van der Waals surface area contributed by atoms with Gasteiger partial charge in [-0.2, -0.15) is 0 Å². The number of carbonyl (C=O) groups excluding carboxylic acids is 1. The first-order valence-electron chi connectivity index (χ1n) is 6.81. The number of nitro groups is 1. The van der Waals surface area contributed by atoms with Crippen molar-refractivity contribution in [3.05, 3.63) is 10.1 Å². The van der Waals surface area contributed by atoms with Crippen LogP contribution in [-0.4, -0.2) is 53.5 Å². The minimum absolute atomic E-state index is 0.111. The molecule has 4 atom stereocenters. The smallest absolute Gasteiger partial charge is 0.326 e. The van der Waals surface area contributed by atoms with Crippen molar-refractivity contribution in [2.24, 2.45) is 0 Å².